The number of ketones is 1. The molecule has 0 N–H and O–H groups in total. The number of carbonyl (C=O) groups excluding carboxylic acids is 2. The Morgan fingerprint density at radius 3 is 1.43 bits per heavy atom. The molecule has 40 heavy (non-hydrogen) atoms. The maximum Gasteiger partial charge on any atom is 0.500 e. The molecule has 0 heterocycles. The van der Waals surface area contributed by atoms with Crippen molar-refractivity contribution in [2.24, 2.45) is 5.41 Å². The number of Topliss-reactive ketones (excluding diaryl/α,β-unsaturated/α-hetero) is 1. The van der Waals surface area contributed by atoms with E-state index >= 15 is 0 Å². The van der Waals surface area contributed by atoms with Gasteiger partial charge >= 0.3 is 17.6 Å². The Bertz CT molecular complexity index is 775. The van der Waals surface area contributed by atoms with Gasteiger partial charge in [0.1, 0.15) is 5.78 Å². The highest BCUT2D eigenvalue weighted by Gasteiger charge is 2.37. The van der Waals surface area contributed by atoms with Crippen molar-refractivity contribution in [3.8, 4) is 0 Å². The standard InChI is InChI=1S/C14H30O7S2Si.C9H20O5SSi/c1-14(2,12-23(16,17)18)11-13(15)7-9-22-8-6-10-24(19-3,20-4)21-5;1-12-16(13-2,14-3)8-4-6-15-7-5-9(10)11/h6-12H2,1-5H3,(H,16,17,18);4-8H2,1-3H3,(H,10,11)/p-2. The summed E-state index contributed by atoms with van der Waals surface area (Å²) in [6, 6.07) is 1.46. The van der Waals surface area contributed by atoms with Crippen LogP contribution in [0.3, 0.4) is 0 Å². The zero-order chi connectivity index (χ0) is 31.3. The van der Waals surface area contributed by atoms with Crippen LogP contribution in [0.5, 0.6) is 0 Å². The second-order valence-electron chi connectivity index (χ2n) is 9.48. The van der Waals surface area contributed by atoms with Crippen LogP contribution in [0.2, 0.25) is 12.1 Å². The molecule has 0 spiro atoms. The topological polar surface area (TPSA) is 170 Å². The van der Waals surface area contributed by atoms with E-state index in [0.717, 1.165) is 30.4 Å². The maximum absolute atomic E-state index is 11.9. The highest BCUT2D eigenvalue weighted by Crippen LogP contribution is 2.24. The van der Waals surface area contributed by atoms with Crippen molar-refractivity contribution < 1.29 is 54.2 Å². The highest BCUT2D eigenvalue weighted by molar-refractivity contribution is 7.99. The molecule has 0 fully saturated rings. The molecular weight excluding hydrogens is 621 g/mol. The summed E-state index contributed by atoms with van der Waals surface area (Å²) in [6.45, 7) is 3.25. The lowest BCUT2D eigenvalue weighted by Crippen LogP contribution is -2.42. The number of carboxylic acid groups (broad SMARTS) is 1. The summed E-state index contributed by atoms with van der Waals surface area (Å²) < 4.78 is 64.2. The molecule has 0 aliphatic carbocycles. The Labute approximate surface area is 251 Å². The first kappa shape index (κ1) is 42.1. The zero-order valence-electron chi connectivity index (χ0n) is 25.1. The second-order valence-corrected chi connectivity index (χ2v) is 19.5. The van der Waals surface area contributed by atoms with Crippen LogP contribution in [0.25, 0.3) is 0 Å². The van der Waals surface area contributed by atoms with Gasteiger partial charge in [-0.1, -0.05) is 13.8 Å². The fourth-order valence-corrected chi connectivity index (χ4v) is 10.4. The van der Waals surface area contributed by atoms with Gasteiger partial charge in [0.05, 0.1) is 10.1 Å². The Hall–Kier alpha value is -0.0562. The Kier molecular flexibility index (Phi) is 23.6. The van der Waals surface area contributed by atoms with E-state index in [4.69, 9.17) is 26.6 Å². The van der Waals surface area contributed by atoms with Crippen molar-refractivity contribution in [2.45, 2.75) is 58.0 Å². The number of hydrogen-bond donors (Lipinski definition) is 0. The van der Waals surface area contributed by atoms with E-state index in [1.54, 1.807) is 80.0 Å². The number of thioether (sulfide) groups is 2. The lowest BCUT2D eigenvalue weighted by atomic mass is 9.89. The number of hydrogen-bond acceptors (Lipinski definition) is 14. The van der Waals surface area contributed by atoms with Crippen LogP contribution in [0.1, 0.15) is 46.0 Å². The van der Waals surface area contributed by atoms with Crippen molar-refractivity contribution in [2.75, 3.05) is 71.4 Å². The third-order valence-electron chi connectivity index (χ3n) is 5.63. The van der Waals surface area contributed by atoms with Gasteiger partial charge in [-0.2, -0.15) is 23.5 Å². The average Bonchev–Trinajstić information content (AvgIpc) is 2.87. The van der Waals surface area contributed by atoms with E-state index in [2.05, 4.69) is 0 Å². The van der Waals surface area contributed by atoms with E-state index in [1.807, 2.05) is 0 Å². The van der Waals surface area contributed by atoms with Crippen molar-refractivity contribution in [1.82, 2.24) is 0 Å². The van der Waals surface area contributed by atoms with Gasteiger partial charge in [0.25, 0.3) is 0 Å². The summed E-state index contributed by atoms with van der Waals surface area (Å²) in [5.74, 6) is 1.45. The smallest absolute Gasteiger partial charge is 0.500 e. The van der Waals surface area contributed by atoms with Gasteiger partial charge in [0, 0.05) is 85.1 Å². The first-order valence-corrected chi connectivity index (χ1v) is 20.5. The number of rotatable bonds is 24. The van der Waals surface area contributed by atoms with Crippen LogP contribution in [0.15, 0.2) is 0 Å². The van der Waals surface area contributed by atoms with Gasteiger partial charge in [-0.25, -0.2) is 8.42 Å². The van der Waals surface area contributed by atoms with Crippen LogP contribution in [0, 0.1) is 5.41 Å². The van der Waals surface area contributed by atoms with Crippen molar-refractivity contribution in [3.63, 3.8) is 0 Å². The number of aliphatic carboxylic acids is 1. The molecule has 12 nitrogen and oxygen atoms in total. The summed E-state index contributed by atoms with van der Waals surface area (Å²) in [5, 5.41) is 10.2. The number of carbonyl (C=O) groups is 2. The summed E-state index contributed by atoms with van der Waals surface area (Å²) >= 11 is 3.24. The first-order valence-electron chi connectivity index (χ1n) is 12.7. The van der Waals surface area contributed by atoms with Crippen molar-refractivity contribution in [3.05, 3.63) is 0 Å². The largest absolute Gasteiger partial charge is 0.748 e. The predicted molar refractivity (Wildman–Crippen MR) is 159 cm³/mol. The fourth-order valence-electron chi connectivity index (χ4n) is 3.59. The third kappa shape index (κ3) is 21.6. The summed E-state index contributed by atoms with van der Waals surface area (Å²) in [5.41, 5.74) is -0.817. The highest BCUT2D eigenvalue weighted by atomic mass is 32.2. The number of carboxylic acids is 1. The Morgan fingerprint density at radius 1 is 0.725 bits per heavy atom. The fraction of sp³-hybridized carbons (Fsp3) is 0.913. The van der Waals surface area contributed by atoms with Crippen LogP contribution in [0.4, 0.5) is 0 Å². The average molecular weight is 669 g/mol. The lowest BCUT2D eigenvalue weighted by molar-refractivity contribution is -0.305. The van der Waals surface area contributed by atoms with Crippen LogP contribution >= 0.6 is 23.5 Å². The molecule has 240 valence electrons. The molecular formula is C23H48O12S3Si2-2. The maximum atomic E-state index is 11.9. The van der Waals surface area contributed by atoms with Gasteiger partial charge in [-0.05, 0) is 41.9 Å². The normalized spacial score (nSPS) is 12.6. The molecule has 0 aromatic heterocycles. The molecule has 0 aromatic rings. The van der Waals surface area contributed by atoms with Gasteiger partial charge in [-0.3, -0.25) is 4.79 Å². The Balaban J connectivity index is 0. The van der Waals surface area contributed by atoms with Gasteiger partial charge in [-0.15, -0.1) is 0 Å². The lowest BCUT2D eigenvalue weighted by Gasteiger charge is -2.25. The summed E-state index contributed by atoms with van der Waals surface area (Å²) in [7, 11) is 0.209. The minimum absolute atomic E-state index is 0.0226. The van der Waals surface area contributed by atoms with Crippen LogP contribution in [-0.4, -0.2) is 114 Å². The molecule has 0 amide bonds. The summed E-state index contributed by atoms with van der Waals surface area (Å²) in [4.78, 5) is 22.1. The van der Waals surface area contributed by atoms with E-state index in [-0.39, 0.29) is 18.6 Å². The van der Waals surface area contributed by atoms with Crippen molar-refractivity contribution in [1.29, 1.82) is 0 Å². The quantitative estimate of drug-likeness (QED) is 0.0831. The van der Waals surface area contributed by atoms with Gasteiger partial charge in [0.2, 0.25) is 0 Å². The molecule has 0 radical (unpaired) electrons. The monoisotopic (exact) mass is 668 g/mol. The SMILES string of the molecule is CO[Si](CCCSCCC(=O)CC(C)(C)CS(=O)(=O)[O-])(OC)OC.CO[Si](CCCSCCC(=O)[O-])(OC)OC. The molecule has 0 aliphatic rings. The molecule has 0 rings (SSSR count). The van der Waals surface area contributed by atoms with E-state index < -0.39 is 44.9 Å². The van der Waals surface area contributed by atoms with Crippen LogP contribution < -0.4 is 5.11 Å². The Morgan fingerprint density at radius 2 is 1.10 bits per heavy atom. The van der Waals surface area contributed by atoms with Crippen LogP contribution in [-0.2, 0) is 46.3 Å². The second kappa shape index (κ2) is 22.5. The molecule has 0 aliphatic heterocycles. The molecule has 0 aromatic carbocycles. The molecule has 17 heteroatoms. The molecule has 0 saturated heterocycles. The molecule has 0 unspecified atom stereocenters. The molecule has 0 atom stereocenters. The van der Waals surface area contributed by atoms with E-state index in [0.29, 0.717) is 24.0 Å². The van der Waals surface area contributed by atoms with Gasteiger partial charge < -0.3 is 41.0 Å². The first-order chi connectivity index (χ1) is 18.6. The van der Waals surface area contributed by atoms with Gasteiger partial charge in [0.15, 0.2) is 0 Å². The van der Waals surface area contributed by atoms with Crippen molar-refractivity contribution >= 4 is 63.0 Å². The van der Waals surface area contributed by atoms with E-state index in [9.17, 15) is 27.7 Å². The minimum atomic E-state index is -4.32. The van der Waals surface area contributed by atoms with E-state index in [1.165, 1.54) is 0 Å². The third-order valence-corrected chi connectivity index (χ3v) is 14.6. The molecule has 0 bridgehead atoms. The zero-order valence-corrected chi connectivity index (χ0v) is 29.6. The minimum Gasteiger partial charge on any atom is -0.748 e. The summed E-state index contributed by atoms with van der Waals surface area (Å²) in [6.07, 6.45) is 2.32. The predicted octanol–water partition coefficient (Wildman–Crippen LogP) is 2.04. The molecule has 0 saturated carbocycles.